The quantitative estimate of drug-likeness (QED) is 0.866. The SMILES string of the molecule is CNC(=O)[C@H]1CNCCN1C(=O)CCc1cn(C)c2ccccc12. The molecule has 2 N–H and O–H groups in total. The molecule has 1 aliphatic rings. The van der Waals surface area contributed by atoms with E-state index in [1.165, 1.54) is 16.5 Å². The summed E-state index contributed by atoms with van der Waals surface area (Å²) in [5, 5.41) is 7.01. The third kappa shape index (κ3) is 3.14. The minimum atomic E-state index is -0.413. The predicted octanol–water partition coefficient (Wildman–Crippen LogP) is 0.657. The third-order valence-electron chi connectivity index (χ3n) is 4.70. The number of fused-ring (bicyclic) bond motifs is 1. The Bertz CT molecular complexity index is 753. The van der Waals surface area contributed by atoms with Gasteiger partial charge >= 0.3 is 0 Å². The maximum absolute atomic E-state index is 12.7. The lowest BCUT2D eigenvalue weighted by Crippen LogP contribution is -2.59. The van der Waals surface area contributed by atoms with E-state index in [-0.39, 0.29) is 11.8 Å². The van der Waals surface area contributed by atoms with E-state index in [0.717, 1.165) is 6.54 Å². The number of hydrogen-bond acceptors (Lipinski definition) is 3. The summed E-state index contributed by atoms with van der Waals surface area (Å²) in [5.41, 5.74) is 2.35. The van der Waals surface area contributed by atoms with Gasteiger partial charge in [0.05, 0.1) is 0 Å². The molecule has 6 nitrogen and oxygen atoms in total. The van der Waals surface area contributed by atoms with Crippen molar-refractivity contribution in [3.8, 4) is 0 Å². The molecular formula is C18H24N4O2. The lowest BCUT2D eigenvalue weighted by Gasteiger charge is -2.35. The lowest BCUT2D eigenvalue weighted by molar-refractivity contribution is -0.141. The van der Waals surface area contributed by atoms with Crippen molar-refractivity contribution in [3.05, 3.63) is 36.0 Å². The molecule has 1 aromatic heterocycles. The van der Waals surface area contributed by atoms with E-state index in [1.807, 2.05) is 19.2 Å². The molecule has 6 heteroatoms. The predicted molar refractivity (Wildman–Crippen MR) is 93.7 cm³/mol. The first-order valence-corrected chi connectivity index (χ1v) is 8.36. The Kier molecular flexibility index (Phi) is 4.85. The van der Waals surface area contributed by atoms with Crippen LogP contribution in [0.4, 0.5) is 0 Å². The third-order valence-corrected chi connectivity index (χ3v) is 4.70. The first kappa shape index (κ1) is 16.5. The number of nitrogens with zero attached hydrogens (tertiary/aromatic N) is 2. The van der Waals surface area contributed by atoms with Crippen molar-refractivity contribution in [2.45, 2.75) is 18.9 Å². The van der Waals surface area contributed by atoms with E-state index in [0.29, 0.717) is 25.9 Å². The van der Waals surface area contributed by atoms with Crippen LogP contribution < -0.4 is 10.6 Å². The van der Waals surface area contributed by atoms with Gasteiger partial charge in [0.25, 0.3) is 0 Å². The maximum atomic E-state index is 12.7. The molecule has 0 spiro atoms. The molecule has 0 radical (unpaired) electrons. The van der Waals surface area contributed by atoms with Crippen LogP contribution in [0.15, 0.2) is 30.5 Å². The largest absolute Gasteiger partial charge is 0.357 e. The van der Waals surface area contributed by atoms with Gasteiger partial charge in [-0.05, 0) is 18.1 Å². The van der Waals surface area contributed by atoms with E-state index < -0.39 is 6.04 Å². The number of rotatable bonds is 4. The number of benzene rings is 1. The van der Waals surface area contributed by atoms with E-state index in [4.69, 9.17) is 0 Å². The van der Waals surface area contributed by atoms with E-state index in [1.54, 1.807) is 11.9 Å². The summed E-state index contributed by atoms with van der Waals surface area (Å²) in [6.45, 7) is 1.82. The fraction of sp³-hybridized carbons (Fsp3) is 0.444. The number of carbonyl (C=O) groups is 2. The summed E-state index contributed by atoms with van der Waals surface area (Å²) < 4.78 is 2.09. The molecule has 128 valence electrons. The number of aryl methyl sites for hydroxylation is 2. The van der Waals surface area contributed by atoms with Gasteiger partial charge in [0.15, 0.2) is 0 Å². The van der Waals surface area contributed by atoms with Crippen molar-refractivity contribution in [1.29, 1.82) is 0 Å². The molecule has 2 aromatic rings. The van der Waals surface area contributed by atoms with Crippen molar-refractivity contribution in [1.82, 2.24) is 20.1 Å². The van der Waals surface area contributed by atoms with E-state index >= 15 is 0 Å². The number of aromatic nitrogens is 1. The number of piperazine rings is 1. The highest BCUT2D eigenvalue weighted by Gasteiger charge is 2.31. The van der Waals surface area contributed by atoms with Crippen LogP contribution in [-0.4, -0.2) is 54.0 Å². The van der Waals surface area contributed by atoms with Crippen LogP contribution in [0.25, 0.3) is 10.9 Å². The summed E-state index contributed by atoms with van der Waals surface area (Å²) in [7, 11) is 3.63. The minimum Gasteiger partial charge on any atom is -0.357 e. The molecule has 0 bridgehead atoms. The molecule has 1 saturated heterocycles. The number of carbonyl (C=O) groups excluding carboxylic acids is 2. The van der Waals surface area contributed by atoms with Gasteiger partial charge in [-0.15, -0.1) is 0 Å². The van der Waals surface area contributed by atoms with Gasteiger partial charge in [-0.1, -0.05) is 18.2 Å². The molecule has 1 aromatic carbocycles. The second kappa shape index (κ2) is 7.05. The zero-order valence-electron chi connectivity index (χ0n) is 14.2. The summed E-state index contributed by atoms with van der Waals surface area (Å²) in [5.74, 6) is -0.0706. The zero-order chi connectivity index (χ0) is 17.1. The molecule has 0 saturated carbocycles. The maximum Gasteiger partial charge on any atom is 0.243 e. The Balaban J connectivity index is 1.71. The Morgan fingerprint density at radius 2 is 2.12 bits per heavy atom. The number of amides is 2. The molecular weight excluding hydrogens is 304 g/mol. The van der Waals surface area contributed by atoms with Gasteiger partial charge in [0.1, 0.15) is 6.04 Å². The molecule has 2 amide bonds. The summed E-state index contributed by atoms with van der Waals surface area (Å²) in [4.78, 5) is 26.4. The Morgan fingerprint density at radius 3 is 2.92 bits per heavy atom. The normalized spacial score (nSPS) is 17.9. The Hall–Kier alpha value is -2.34. The van der Waals surface area contributed by atoms with Gasteiger partial charge in [-0.2, -0.15) is 0 Å². The van der Waals surface area contributed by atoms with Crippen LogP contribution in [0.5, 0.6) is 0 Å². The highest BCUT2D eigenvalue weighted by molar-refractivity contribution is 5.89. The van der Waals surface area contributed by atoms with Crippen LogP contribution in [0, 0.1) is 0 Å². The van der Waals surface area contributed by atoms with Gasteiger partial charge in [-0.3, -0.25) is 9.59 Å². The van der Waals surface area contributed by atoms with E-state index in [9.17, 15) is 9.59 Å². The fourth-order valence-corrected chi connectivity index (χ4v) is 3.41. The van der Waals surface area contributed by atoms with Gasteiger partial charge < -0.3 is 20.1 Å². The Labute approximate surface area is 141 Å². The summed E-state index contributed by atoms with van der Waals surface area (Å²) in [6, 6.07) is 7.80. The number of para-hydroxylation sites is 1. The second-order valence-corrected chi connectivity index (χ2v) is 6.20. The highest BCUT2D eigenvalue weighted by atomic mass is 16.2. The number of nitrogens with one attached hydrogen (secondary N) is 2. The van der Waals surface area contributed by atoms with Crippen molar-refractivity contribution < 1.29 is 9.59 Å². The van der Waals surface area contributed by atoms with Crippen LogP contribution in [0.2, 0.25) is 0 Å². The fourth-order valence-electron chi connectivity index (χ4n) is 3.41. The molecule has 1 fully saturated rings. The van der Waals surface area contributed by atoms with Crippen molar-refractivity contribution >= 4 is 22.7 Å². The monoisotopic (exact) mass is 328 g/mol. The van der Waals surface area contributed by atoms with Gasteiger partial charge in [0, 0.05) is 57.3 Å². The van der Waals surface area contributed by atoms with Crippen LogP contribution in [-0.2, 0) is 23.1 Å². The van der Waals surface area contributed by atoms with Crippen LogP contribution in [0.1, 0.15) is 12.0 Å². The highest BCUT2D eigenvalue weighted by Crippen LogP contribution is 2.22. The van der Waals surface area contributed by atoms with Crippen molar-refractivity contribution in [2.24, 2.45) is 7.05 Å². The van der Waals surface area contributed by atoms with Crippen LogP contribution >= 0.6 is 0 Å². The summed E-state index contributed by atoms with van der Waals surface area (Å²) in [6.07, 6.45) is 3.19. The smallest absolute Gasteiger partial charge is 0.243 e. The molecule has 0 aliphatic carbocycles. The Morgan fingerprint density at radius 1 is 1.33 bits per heavy atom. The van der Waals surface area contributed by atoms with Gasteiger partial charge in [-0.25, -0.2) is 0 Å². The van der Waals surface area contributed by atoms with Crippen LogP contribution in [0.3, 0.4) is 0 Å². The van der Waals surface area contributed by atoms with Crippen molar-refractivity contribution in [2.75, 3.05) is 26.7 Å². The average Bonchev–Trinajstić information content (AvgIpc) is 2.95. The zero-order valence-corrected chi connectivity index (χ0v) is 14.2. The topological polar surface area (TPSA) is 66.4 Å². The minimum absolute atomic E-state index is 0.0398. The molecule has 24 heavy (non-hydrogen) atoms. The number of likely N-dealkylation sites (N-methyl/N-ethyl adjacent to an activating group) is 1. The summed E-state index contributed by atoms with van der Waals surface area (Å²) >= 11 is 0. The first-order chi connectivity index (χ1) is 11.6. The lowest BCUT2D eigenvalue weighted by atomic mass is 10.1. The number of hydrogen-bond donors (Lipinski definition) is 2. The first-order valence-electron chi connectivity index (χ1n) is 8.36. The molecule has 1 aliphatic heterocycles. The van der Waals surface area contributed by atoms with Gasteiger partial charge in [0.2, 0.25) is 11.8 Å². The standard InChI is InChI=1S/C18H24N4O2/c1-19-18(24)16-11-20-9-10-22(16)17(23)8-7-13-12-21(2)15-6-4-3-5-14(13)15/h3-6,12,16,20H,7-11H2,1-2H3,(H,19,24)/t16-/m1/s1. The van der Waals surface area contributed by atoms with E-state index in [2.05, 4.69) is 33.5 Å². The second-order valence-electron chi connectivity index (χ2n) is 6.20. The molecule has 0 unspecified atom stereocenters. The molecule has 2 heterocycles. The average molecular weight is 328 g/mol. The molecule has 1 atom stereocenters. The molecule has 3 rings (SSSR count). The van der Waals surface area contributed by atoms with Crippen molar-refractivity contribution in [3.63, 3.8) is 0 Å².